The Hall–Kier alpha value is -2.24. The molecule has 2 aromatic rings. The van der Waals surface area contributed by atoms with Crippen LogP contribution in [0.15, 0.2) is 24.5 Å². The van der Waals surface area contributed by atoms with Crippen LogP contribution in [0.5, 0.6) is 0 Å². The Morgan fingerprint density at radius 3 is 2.89 bits per heavy atom. The second-order valence-corrected chi connectivity index (χ2v) is 4.21. The summed E-state index contributed by atoms with van der Waals surface area (Å²) in [5, 5.41) is 13.4. The van der Waals surface area contributed by atoms with Gasteiger partial charge in [-0.15, -0.1) is 5.10 Å². The van der Waals surface area contributed by atoms with Crippen LogP contribution >= 0.6 is 0 Å². The molecule has 18 heavy (non-hydrogen) atoms. The highest BCUT2D eigenvalue weighted by molar-refractivity contribution is 5.75. The van der Waals surface area contributed by atoms with Crippen molar-refractivity contribution in [3.63, 3.8) is 0 Å². The molecule has 0 aliphatic heterocycles. The number of tetrazole rings is 1. The number of nitrogens with one attached hydrogen (secondary N) is 1. The molecule has 0 saturated carbocycles. The molecular weight excluding hydrogens is 230 g/mol. The normalized spacial score (nSPS) is 10.3. The number of amides is 1. The number of hydrogen-bond donors (Lipinski definition) is 1. The molecule has 0 spiro atoms. The van der Waals surface area contributed by atoms with Gasteiger partial charge in [-0.25, -0.2) is 4.68 Å². The molecule has 0 fully saturated rings. The van der Waals surface area contributed by atoms with Gasteiger partial charge in [0.05, 0.1) is 0 Å². The Morgan fingerprint density at radius 1 is 1.39 bits per heavy atom. The van der Waals surface area contributed by atoms with E-state index < -0.39 is 0 Å². The van der Waals surface area contributed by atoms with Crippen LogP contribution in [0.4, 0.5) is 0 Å². The summed E-state index contributed by atoms with van der Waals surface area (Å²) >= 11 is 0. The second kappa shape index (κ2) is 5.39. The zero-order valence-electron chi connectivity index (χ0n) is 10.4. The first-order chi connectivity index (χ1) is 8.65. The maximum Gasteiger partial charge on any atom is 0.242 e. The number of carbonyl (C=O) groups is 1. The Balaban J connectivity index is 1.89. The first-order valence-electron chi connectivity index (χ1n) is 5.69. The summed E-state index contributed by atoms with van der Waals surface area (Å²) in [5.74, 6) is -0.109. The van der Waals surface area contributed by atoms with E-state index in [2.05, 4.69) is 26.9 Å². The largest absolute Gasteiger partial charge is 0.350 e. The average molecular weight is 245 g/mol. The number of aryl methyl sites for hydroxylation is 2. The number of benzene rings is 1. The van der Waals surface area contributed by atoms with Gasteiger partial charge in [0, 0.05) is 6.54 Å². The van der Waals surface area contributed by atoms with Gasteiger partial charge in [-0.05, 0) is 35.4 Å². The van der Waals surface area contributed by atoms with E-state index >= 15 is 0 Å². The second-order valence-electron chi connectivity index (χ2n) is 4.21. The zero-order chi connectivity index (χ0) is 13.0. The Kier molecular flexibility index (Phi) is 3.66. The number of nitrogens with zero attached hydrogens (tertiary/aromatic N) is 4. The van der Waals surface area contributed by atoms with Crippen molar-refractivity contribution in [3.8, 4) is 0 Å². The third-order valence-corrected chi connectivity index (χ3v) is 2.67. The zero-order valence-corrected chi connectivity index (χ0v) is 10.4. The van der Waals surface area contributed by atoms with Crippen molar-refractivity contribution >= 4 is 5.91 Å². The van der Waals surface area contributed by atoms with Crippen molar-refractivity contribution in [2.24, 2.45) is 0 Å². The van der Waals surface area contributed by atoms with E-state index in [1.54, 1.807) is 0 Å². The number of aromatic nitrogens is 4. The van der Waals surface area contributed by atoms with Crippen LogP contribution in [0.1, 0.15) is 16.7 Å². The molecule has 0 unspecified atom stereocenters. The monoisotopic (exact) mass is 245 g/mol. The van der Waals surface area contributed by atoms with E-state index in [0.717, 1.165) is 5.56 Å². The summed E-state index contributed by atoms with van der Waals surface area (Å²) < 4.78 is 1.39. The fourth-order valence-corrected chi connectivity index (χ4v) is 1.69. The fourth-order valence-electron chi connectivity index (χ4n) is 1.69. The summed E-state index contributed by atoms with van der Waals surface area (Å²) in [6.45, 7) is 4.74. The van der Waals surface area contributed by atoms with Crippen LogP contribution in [0.25, 0.3) is 0 Å². The third-order valence-electron chi connectivity index (χ3n) is 2.67. The number of hydrogen-bond acceptors (Lipinski definition) is 4. The van der Waals surface area contributed by atoms with Gasteiger partial charge in [-0.1, -0.05) is 23.8 Å². The lowest BCUT2D eigenvalue weighted by molar-refractivity contribution is -0.122. The first-order valence-corrected chi connectivity index (χ1v) is 5.69. The van der Waals surface area contributed by atoms with E-state index in [1.807, 2.05) is 26.0 Å². The standard InChI is InChI=1S/C12H15N5O/c1-9-3-4-11(10(2)5-9)6-13-12(18)7-17-8-14-15-16-17/h3-5,8H,6-7H2,1-2H3,(H,13,18). The molecule has 1 aromatic carbocycles. The van der Waals surface area contributed by atoms with Gasteiger partial charge >= 0.3 is 0 Å². The topological polar surface area (TPSA) is 72.7 Å². The molecule has 6 heteroatoms. The van der Waals surface area contributed by atoms with Crippen LogP contribution in [0, 0.1) is 13.8 Å². The first kappa shape index (κ1) is 12.2. The van der Waals surface area contributed by atoms with Gasteiger partial charge in [0.2, 0.25) is 5.91 Å². The molecule has 6 nitrogen and oxygen atoms in total. The minimum absolute atomic E-state index is 0.109. The lowest BCUT2D eigenvalue weighted by Crippen LogP contribution is -2.27. The van der Waals surface area contributed by atoms with Gasteiger partial charge in [0.1, 0.15) is 12.9 Å². The van der Waals surface area contributed by atoms with Crippen LogP contribution in [0.2, 0.25) is 0 Å². The van der Waals surface area contributed by atoms with Crippen LogP contribution in [-0.4, -0.2) is 26.1 Å². The number of carbonyl (C=O) groups excluding carboxylic acids is 1. The Bertz CT molecular complexity index is 535. The van der Waals surface area contributed by atoms with Crippen LogP contribution in [0.3, 0.4) is 0 Å². The van der Waals surface area contributed by atoms with Gasteiger partial charge < -0.3 is 5.32 Å². The SMILES string of the molecule is Cc1ccc(CNC(=O)Cn2cnnn2)c(C)c1. The molecule has 0 aliphatic rings. The molecule has 1 amide bonds. The van der Waals surface area contributed by atoms with Crippen molar-refractivity contribution < 1.29 is 4.79 Å². The van der Waals surface area contributed by atoms with Gasteiger partial charge in [0.25, 0.3) is 0 Å². The van der Waals surface area contributed by atoms with Crippen molar-refractivity contribution in [3.05, 3.63) is 41.2 Å². The molecule has 0 radical (unpaired) electrons. The van der Waals surface area contributed by atoms with E-state index in [9.17, 15) is 4.79 Å². The summed E-state index contributed by atoms with van der Waals surface area (Å²) in [5.41, 5.74) is 3.51. The minimum Gasteiger partial charge on any atom is -0.350 e. The molecule has 0 saturated heterocycles. The summed E-state index contributed by atoms with van der Waals surface area (Å²) in [6.07, 6.45) is 1.41. The van der Waals surface area contributed by atoms with Crippen molar-refractivity contribution in [1.29, 1.82) is 0 Å². The van der Waals surface area contributed by atoms with E-state index in [4.69, 9.17) is 0 Å². The lowest BCUT2D eigenvalue weighted by Gasteiger charge is -2.08. The molecule has 0 aliphatic carbocycles. The van der Waals surface area contributed by atoms with E-state index in [1.165, 1.54) is 22.1 Å². The molecule has 0 atom stereocenters. The number of rotatable bonds is 4. The van der Waals surface area contributed by atoms with Gasteiger partial charge in [-0.2, -0.15) is 0 Å². The molecular formula is C12H15N5O. The summed E-state index contributed by atoms with van der Waals surface area (Å²) in [6, 6.07) is 6.17. The van der Waals surface area contributed by atoms with E-state index in [0.29, 0.717) is 6.54 Å². The van der Waals surface area contributed by atoms with Gasteiger partial charge in [-0.3, -0.25) is 4.79 Å². The van der Waals surface area contributed by atoms with Gasteiger partial charge in [0.15, 0.2) is 0 Å². The smallest absolute Gasteiger partial charge is 0.242 e. The molecule has 2 rings (SSSR count). The lowest BCUT2D eigenvalue weighted by atomic mass is 10.1. The maximum absolute atomic E-state index is 11.6. The maximum atomic E-state index is 11.6. The summed E-state index contributed by atoms with van der Waals surface area (Å²) in [4.78, 5) is 11.6. The van der Waals surface area contributed by atoms with Crippen LogP contribution in [-0.2, 0) is 17.9 Å². The molecule has 1 N–H and O–H groups in total. The van der Waals surface area contributed by atoms with Crippen molar-refractivity contribution in [1.82, 2.24) is 25.5 Å². The Labute approximate surface area is 105 Å². The van der Waals surface area contributed by atoms with Crippen molar-refractivity contribution in [2.45, 2.75) is 26.9 Å². The Morgan fingerprint density at radius 2 is 2.22 bits per heavy atom. The highest BCUT2D eigenvalue weighted by Gasteiger charge is 2.04. The highest BCUT2D eigenvalue weighted by Crippen LogP contribution is 2.09. The highest BCUT2D eigenvalue weighted by atomic mass is 16.2. The van der Waals surface area contributed by atoms with Crippen molar-refractivity contribution in [2.75, 3.05) is 0 Å². The third kappa shape index (κ3) is 3.13. The predicted molar refractivity (Wildman–Crippen MR) is 65.6 cm³/mol. The van der Waals surface area contributed by atoms with Crippen LogP contribution < -0.4 is 5.32 Å². The summed E-state index contributed by atoms with van der Waals surface area (Å²) in [7, 11) is 0. The quantitative estimate of drug-likeness (QED) is 0.856. The molecule has 0 bridgehead atoms. The molecule has 1 aromatic heterocycles. The molecule has 1 heterocycles. The predicted octanol–water partition coefficient (Wildman–Crippen LogP) is 0.606. The minimum atomic E-state index is -0.109. The average Bonchev–Trinajstić information content (AvgIpc) is 2.80. The van der Waals surface area contributed by atoms with E-state index in [-0.39, 0.29) is 12.5 Å². The molecule has 94 valence electrons. The fraction of sp³-hybridized carbons (Fsp3) is 0.333.